The Morgan fingerprint density at radius 2 is 1.67 bits per heavy atom. The van der Waals surface area contributed by atoms with Crippen LogP contribution in [0.4, 0.5) is 13.2 Å². The van der Waals surface area contributed by atoms with E-state index in [9.17, 15) is 21.6 Å². The molecule has 1 aromatic heterocycles. The number of hydrogen-bond acceptors (Lipinski definition) is 7. The van der Waals surface area contributed by atoms with Crippen LogP contribution >= 0.6 is 0 Å². The molecule has 0 radical (unpaired) electrons. The van der Waals surface area contributed by atoms with Gasteiger partial charge in [0.2, 0.25) is 10.0 Å². The molecule has 0 fully saturated rings. The quantitative estimate of drug-likeness (QED) is 0.642. The number of nitrogens with two attached hydrogens (primary N) is 1. The highest BCUT2D eigenvalue weighted by atomic mass is 32.2. The number of aromatic nitrogens is 2. The molecule has 0 amide bonds. The predicted octanol–water partition coefficient (Wildman–Crippen LogP) is 3.40. The number of sulfonamides is 1. The van der Waals surface area contributed by atoms with Crippen molar-refractivity contribution < 1.29 is 35.6 Å². The first kappa shape index (κ1) is 21.6. The smallest absolute Gasteiger partial charge is 0.417 e. The van der Waals surface area contributed by atoms with Crippen molar-refractivity contribution in [2.75, 3.05) is 14.2 Å². The van der Waals surface area contributed by atoms with E-state index in [-0.39, 0.29) is 34.3 Å². The van der Waals surface area contributed by atoms with Crippen molar-refractivity contribution in [2.24, 2.45) is 5.14 Å². The number of aryl methyl sites for hydroxylation is 1. The highest BCUT2D eigenvalue weighted by Gasteiger charge is 2.37. The van der Waals surface area contributed by atoms with E-state index in [4.69, 9.17) is 19.1 Å². The van der Waals surface area contributed by atoms with Gasteiger partial charge in [0, 0.05) is 11.1 Å². The van der Waals surface area contributed by atoms with Crippen molar-refractivity contribution in [3.05, 3.63) is 41.7 Å². The molecule has 3 aromatic rings. The maximum absolute atomic E-state index is 13.8. The second-order valence-electron chi connectivity index (χ2n) is 6.12. The number of methoxy groups -OCH3 is 2. The second-order valence-corrected chi connectivity index (χ2v) is 7.65. The van der Waals surface area contributed by atoms with Gasteiger partial charge in [-0.15, -0.1) is 0 Å². The Labute approximate surface area is 169 Å². The van der Waals surface area contributed by atoms with Gasteiger partial charge in [-0.3, -0.25) is 0 Å². The Bertz CT molecular complexity index is 1210. The first-order valence-corrected chi connectivity index (χ1v) is 9.82. The van der Waals surface area contributed by atoms with Crippen molar-refractivity contribution >= 4 is 10.0 Å². The standard InChI is InChI=1S/C18H16F3N3O5S/c1-9-23-17(29-24-9)11-8-14(28-3)13(27-2)7-10(11)16-12(18(19,20)21)5-4-6-15(16)30(22,25)26/h4-8H,1-3H3,(H2,22,25,26). The lowest BCUT2D eigenvalue weighted by Gasteiger charge is -2.19. The van der Waals surface area contributed by atoms with Gasteiger partial charge in [0.15, 0.2) is 17.3 Å². The molecule has 3 rings (SSSR count). The third kappa shape index (κ3) is 3.96. The summed E-state index contributed by atoms with van der Waals surface area (Å²) in [5, 5.41) is 8.87. The summed E-state index contributed by atoms with van der Waals surface area (Å²) < 4.78 is 81.3. The zero-order chi connectivity index (χ0) is 22.3. The Kier molecular flexibility index (Phi) is 5.48. The number of nitrogens with zero attached hydrogens (tertiary/aromatic N) is 2. The monoisotopic (exact) mass is 443 g/mol. The van der Waals surface area contributed by atoms with Gasteiger partial charge in [-0.05, 0) is 31.2 Å². The van der Waals surface area contributed by atoms with E-state index in [1.165, 1.54) is 33.3 Å². The summed E-state index contributed by atoms with van der Waals surface area (Å²) in [5.41, 5.74) is -2.05. The van der Waals surface area contributed by atoms with Gasteiger partial charge in [0.25, 0.3) is 5.89 Å². The van der Waals surface area contributed by atoms with Crippen molar-refractivity contribution in [3.8, 4) is 34.1 Å². The van der Waals surface area contributed by atoms with Crippen LogP contribution in [-0.4, -0.2) is 32.8 Å². The van der Waals surface area contributed by atoms with Gasteiger partial charge >= 0.3 is 6.18 Å². The highest BCUT2D eigenvalue weighted by Crippen LogP contribution is 2.46. The Morgan fingerprint density at radius 3 is 2.13 bits per heavy atom. The maximum atomic E-state index is 13.8. The van der Waals surface area contributed by atoms with E-state index in [1.807, 2.05) is 0 Å². The van der Waals surface area contributed by atoms with Gasteiger partial charge in [0.05, 0.1) is 30.2 Å². The van der Waals surface area contributed by atoms with Crippen LogP contribution in [0.15, 0.2) is 39.8 Å². The number of primary sulfonamides is 1. The number of halogens is 3. The molecule has 0 spiro atoms. The molecule has 0 bridgehead atoms. The van der Waals surface area contributed by atoms with Gasteiger partial charge in [0.1, 0.15) is 0 Å². The van der Waals surface area contributed by atoms with Crippen molar-refractivity contribution in [1.29, 1.82) is 0 Å². The molecular formula is C18H16F3N3O5S. The lowest BCUT2D eigenvalue weighted by Crippen LogP contribution is -2.17. The van der Waals surface area contributed by atoms with Crippen LogP contribution in [-0.2, 0) is 16.2 Å². The SMILES string of the molecule is COc1cc(-c2nc(C)no2)c(-c2c(C(F)(F)F)cccc2S(N)(=O)=O)cc1OC. The molecule has 0 aliphatic rings. The summed E-state index contributed by atoms with van der Waals surface area (Å²) in [7, 11) is -1.91. The van der Waals surface area contributed by atoms with Crippen LogP contribution in [0, 0.1) is 6.92 Å². The average molecular weight is 443 g/mol. The first-order valence-electron chi connectivity index (χ1n) is 8.27. The minimum absolute atomic E-state index is 0.00912. The van der Waals surface area contributed by atoms with Crippen LogP contribution in [0.5, 0.6) is 11.5 Å². The lowest BCUT2D eigenvalue weighted by atomic mass is 9.94. The van der Waals surface area contributed by atoms with E-state index in [0.717, 1.165) is 18.2 Å². The molecule has 160 valence electrons. The molecule has 0 saturated carbocycles. The third-order valence-electron chi connectivity index (χ3n) is 4.19. The number of benzene rings is 2. The van der Waals surface area contributed by atoms with Gasteiger partial charge < -0.3 is 14.0 Å². The molecule has 30 heavy (non-hydrogen) atoms. The Morgan fingerprint density at radius 1 is 1.07 bits per heavy atom. The molecule has 2 aromatic carbocycles. The second kappa shape index (κ2) is 7.61. The van der Waals surface area contributed by atoms with Crippen molar-refractivity contribution in [2.45, 2.75) is 18.0 Å². The van der Waals surface area contributed by atoms with Crippen LogP contribution in [0.1, 0.15) is 11.4 Å². The molecule has 1 heterocycles. The zero-order valence-electron chi connectivity index (χ0n) is 15.9. The fourth-order valence-corrected chi connectivity index (χ4v) is 3.72. The predicted molar refractivity (Wildman–Crippen MR) is 99.4 cm³/mol. The van der Waals surface area contributed by atoms with Gasteiger partial charge in [-0.2, -0.15) is 18.2 Å². The summed E-state index contributed by atoms with van der Waals surface area (Å²) in [6.07, 6.45) is -4.88. The van der Waals surface area contributed by atoms with Crippen molar-refractivity contribution in [3.63, 3.8) is 0 Å². The number of hydrogen-bond donors (Lipinski definition) is 1. The van der Waals surface area contributed by atoms with Crippen LogP contribution in [0.25, 0.3) is 22.6 Å². The largest absolute Gasteiger partial charge is 0.493 e. The topological polar surface area (TPSA) is 118 Å². The molecular weight excluding hydrogens is 427 g/mol. The van der Waals surface area contributed by atoms with Crippen LogP contribution in [0.3, 0.4) is 0 Å². The summed E-state index contributed by atoms with van der Waals surface area (Å²) in [4.78, 5) is 3.33. The molecule has 0 saturated heterocycles. The normalized spacial score (nSPS) is 12.1. The number of rotatable bonds is 5. The molecule has 12 heteroatoms. The molecule has 8 nitrogen and oxygen atoms in total. The minimum atomic E-state index is -4.88. The average Bonchev–Trinajstić information content (AvgIpc) is 3.11. The van der Waals surface area contributed by atoms with Crippen LogP contribution in [0.2, 0.25) is 0 Å². The summed E-state index contributed by atoms with van der Waals surface area (Å²) in [6.45, 7) is 1.52. The van der Waals surface area contributed by atoms with E-state index < -0.39 is 32.2 Å². The first-order chi connectivity index (χ1) is 14.0. The zero-order valence-corrected chi connectivity index (χ0v) is 16.8. The fourth-order valence-electron chi connectivity index (χ4n) is 2.95. The number of alkyl halides is 3. The van der Waals surface area contributed by atoms with E-state index in [2.05, 4.69) is 10.1 Å². The summed E-state index contributed by atoms with van der Waals surface area (Å²) in [6, 6.07) is 5.22. The van der Waals surface area contributed by atoms with Gasteiger partial charge in [-0.1, -0.05) is 11.2 Å². The van der Waals surface area contributed by atoms with E-state index in [0.29, 0.717) is 0 Å². The fraction of sp³-hybridized carbons (Fsp3) is 0.222. The molecule has 0 atom stereocenters. The minimum Gasteiger partial charge on any atom is -0.493 e. The highest BCUT2D eigenvalue weighted by molar-refractivity contribution is 7.89. The molecule has 0 aliphatic carbocycles. The lowest BCUT2D eigenvalue weighted by molar-refractivity contribution is -0.137. The third-order valence-corrected chi connectivity index (χ3v) is 5.14. The Hall–Kier alpha value is -3.12. The molecule has 2 N–H and O–H groups in total. The Balaban J connectivity index is 2.52. The summed E-state index contributed by atoms with van der Waals surface area (Å²) >= 11 is 0. The van der Waals surface area contributed by atoms with Crippen LogP contribution < -0.4 is 14.6 Å². The molecule has 0 unspecified atom stereocenters. The maximum Gasteiger partial charge on any atom is 0.417 e. The molecule has 0 aliphatic heterocycles. The number of ether oxygens (including phenoxy) is 2. The van der Waals surface area contributed by atoms with Crippen molar-refractivity contribution in [1.82, 2.24) is 10.1 Å². The van der Waals surface area contributed by atoms with E-state index in [1.54, 1.807) is 0 Å². The summed E-state index contributed by atoms with van der Waals surface area (Å²) in [5.74, 6) is 0.306. The van der Waals surface area contributed by atoms with E-state index >= 15 is 0 Å². The van der Waals surface area contributed by atoms with Gasteiger partial charge in [-0.25, -0.2) is 13.6 Å².